The number of non-ortho nitro benzene ring substituents is 1. The van der Waals surface area contributed by atoms with E-state index in [0.29, 0.717) is 0 Å². The van der Waals surface area contributed by atoms with Crippen LogP contribution in [0.15, 0.2) is 36.9 Å². The Bertz CT molecular complexity index is 357. The fourth-order valence-electron chi connectivity index (χ4n) is 1.44. The Morgan fingerprint density at radius 1 is 1.40 bits per heavy atom. The minimum Gasteiger partial charge on any atom is -0.299 e. The van der Waals surface area contributed by atoms with Gasteiger partial charge in [-0.2, -0.15) is 0 Å². The van der Waals surface area contributed by atoms with E-state index in [1.54, 1.807) is 18.2 Å². The summed E-state index contributed by atoms with van der Waals surface area (Å²) in [4.78, 5) is 12.1. The van der Waals surface area contributed by atoms with Crippen molar-refractivity contribution in [2.24, 2.45) is 0 Å². The van der Waals surface area contributed by atoms with Crippen molar-refractivity contribution in [1.82, 2.24) is 4.90 Å². The smallest absolute Gasteiger partial charge is 0.269 e. The van der Waals surface area contributed by atoms with Gasteiger partial charge >= 0.3 is 0 Å². The van der Waals surface area contributed by atoms with Crippen molar-refractivity contribution in [2.75, 3.05) is 14.1 Å². The first-order valence-electron chi connectivity index (χ1n) is 4.59. The minimum absolute atomic E-state index is 0.0887. The Kier molecular flexibility index (Phi) is 3.57. The highest BCUT2D eigenvalue weighted by molar-refractivity contribution is 5.35. The molecule has 0 fully saturated rings. The zero-order valence-corrected chi connectivity index (χ0v) is 8.88. The Labute approximate surface area is 89.0 Å². The second kappa shape index (κ2) is 4.70. The number of nitro groups is 1. The van der Waals surface area contributed by atoms with Gasteiger partial charge in [0.05, 0.1) is 11.0 Å². The van der Waals surface area contributed by atoms with Crippen LogP contribution in [0.5, 0.6) is 0 Å². The molecule has 1 unspecified atom stereocenters. The van der Waals surface area contributed by atoms with Crippen molar-refractivity contribution in [2.45, 2.75) is 6.04 Å². The van der Waals surface area contributed by atoms with E-state index in [9.17, 15) is 10.1 Å². The maximum atomic E-state index is 10.5. The maximum absolute atomic E-state index is 10.5. The lowest BCUT2D eigenvalue weighted by Crippen LogP contribution is -2.17. The molecule has 1 atom stereocenters. The van der Waals surface area contributed by atoms with Crippen molar-refractivity contribution in [1.29, 1.82) is 0 Å². The summed E-state index contributed by atoms with van der Waals surface area (Å²) < 4.78 is 0. The highest BCUT2D eigenvalue weighted by atomic mass is 16.6. The lowest BCUT2D eigenvalue weighted by atomic mass is 10.1. The summed E-state index contributed by atoms with van der Waals surface area (Å²) >= 11 is 0. The number of nitrogens with zero attached hydrogens (tertiary/aromatic N) is 2. The molecule has 0 amide bonds. The third-order valence-electron chi connectivity index (χ3n) is 2.23. The van der Waals surface area contributed by atoms with Gasteiger partial charge in [0.15, 0.2) is 0 Å². The van der Waals surface area contributed by atoms with Crippen LogP contribution in [0.25, 0.3) is 0 Å². The summed E-state index contributed by atoms with van der Waals surface area (Å²) in [6, 6.07) is 6.62. The molecule has 1 aromatic rings. The quantitative estimate of drug-likeness (QED) is 0.431. The molecule has 0 heterocycles. The zero-order valence-electron chi connectivity index (χ0n) is 8.88. The van der Waals surface area contributed by atoms with E-state index in [0.717, 1.165) is 5.56 Å². The van der Waals surface area contributed by atoms with Crippen LogP contribution in [-0.4, -0.2) is 23.9 Å². The largest absolute Gasteiger partial charge is 0.299 e. The molecule has 0 radical (unpaired) electrons. The summed E-state index contributed by atoms with van der Waals surface area (Å²) in [5, 5.41) is 10.5. The number of hydrogen-bond donors (Lipinski definition) is 0. The molecular formula is C11H14N2O2. The molecule has 0 aromatic heterocycles. The first-order chi connectivity index (χ1) is 7.06. The Morgan fingerprint density at radius 2 is 1.93 bits per heavy atom. The number of nitro benzene ring substituents is 1. The zero-order chi connectivity index (χ0) is 11.4. The number of benzene rings is 1. The normalized spacial score (nSPS) is 12.5. The van der Waals surface area contributed by atoms with Gasteiger partial charge in [0.2, 0.25) is 0 Å². The summed E-state index contributed by atoms with van der Waals surface area (Å²) in [6.45, 7) is 3.74. The van der Waals surface area contributed by atoms with Crippen LogP contribution in [0, 0.1) is 10.1 Å². The van der Waals surface area contributed by atoms with E-state index in [1.807, 2.05) is 19.0 Å². The molecule has 0 aliphatic rings. The third kappa shape index (κ3) is 2.63. The molecule has 1 rings (SSSR count). The molecule has 15 heavy (non-hydrogen) atoms. The van der Waals surface area contributed by atoms with Crippen LogP contribution in [0.3, 0.4) is 0 Å². The fraction of sp³-hybridized carbons (Fsp3) is 0.273. The van der Waals surface area contributed by atoms with E-state index in [4.69, 9.17) is 0 Å². The van der Waals surface area contributed by atoms with Crippen molar-refractivity contribution in [3.63, 3.8) is 0 Å². The SMILES string of the molecule is C=CC(c1ccc([N+](=O)[O-])cc1)N(C)C. The Hall–Kier alpha value is -1.68. The standard InChI is InChI=1S/C11H14N2O2/c1-4-11(12(2)3)9-5-7-10(8-6-9)13(14)15/h4-8,11H,1H2,2-3H3. The Balaban J connectivity index is 2.96. The highest BCUT2D eigenvalue weighted by Gasteiger charge is 2.11. The van der Waals surface area contributed by atoms with Crippen LogP contribution in [0.4, 0.5) is 5.69 Å². The van der Waals surface area contributed by atoms with E-state index in [1.165, 1.54) is 12.1 Å². The average Bonchev–Trinajstić information content (AvgIpc) is 2.19. The molecule has 0 saturated heterocycles. The van der Waals surface area contributed by atoms with Crippen molar-refractivity contribution in [3.05, 3.63) is 52.6 Å². The lowest BCUT2D eigenvalue weighted by Gasteiger charge is -2.20. The monoisotopic (exact) mass is 206 g/mol. The molecule has 0 N–H and O–H groups in total. The summed E-state index contributed by atoms with van der Waals surface area (Å²) in [5.41, 5.74) is 1.11. The molecule has 80 valence electrons. The van der Waals surface area contributed by atoms with Crippen molar-refractivity contribution < 1.29 is 4.92 Å². The van der Waals surface area contributed by atoms with Gasteiger partial charge in [0, 0.05) is 12.1 Å². The molecule has 0 aliphatic carbocycles. The topological polar surface area (TPSA) is 46.4 Å². The maximum Gasteiger partial charge on any atom is 0.269 e. The van der Waals surface area contributed by atoms with Crippen LogP contribution in [0.1, 0.15) is 11.6 Å². The number of likely N-dealkylation sites (N-methyl/N-ethyl adjacent to an activating group) is 1. The van der Waals surface area contributed by atoms with Gasteiger partial charge in [0.1, 0.15) is 0 Å². The fourth-order valence-corrected chi connectivity index (χ4v) is 1.44. The number of rotatable bonds is 4. The van der Waals surface area contributed by atoms with Crippen LogP contribution >= 0.6 is 0 Å². The predicted octanol–water partition coefficient (Wildman–Crippen LogP) is 2.38. The second-order valence-electron chi connectivity index (χ2n) is 3.49. The highest BCUT2D eigenvalue weighted by Crippen LogP contribution is 2.21. The second-order valence-corrected chi connectivity index (χ2v) is 3.49. The molecule has 0 saturated carbocycles. The molecular weight excluding hydrogens is 192 g/mol. The molecule has 0 aliphatic heterocycles. The van der Waals surface area contributed by atoms with Gasteiger partial charge in [-0.3, -0.25) is 15.0 Å². The molecule has 0 spiro atoms. The van der Waals surface area contributed by atoms with Gasteiger partial charge in [-0.25, -0.2) is 0 Å². The summed E-state index contributed by atoms with van der Waals surface area (Å²) in [6.07, 6.45) is 1.81. The van der Waals surface area contributed by atoms with Gasteiger partial charge < -0.3 is 0 Å². The number of hydrogen-bond acceptors (Lipinski definition) is 3. The lowest BCUT2D eigenvalue weighted by molar-refractivity contribution is -0.384. The minimum atomic E-state index is -0.400. The Morgan fingerprint density at radius 3 is 2.27 bits per heavy atom. The van der Waals surface area contributed by atoms with Crippen LogP contribution < -0.4 is 0 Å². The average molecular weight is 206 g/mol. The molecule has 1 aromatic carbocycles. The predicted molar refractivity (Wildman–Crippen MR) is 59.7 cm³/mol. The van der Waals surface area contributed by atoms with Gasteiger partial charge in [-0.05, 0) is 19.7 Å². The first kappa shape index (κ1) is 11.4. The van der Waals surface area contributed by atoms with Crippen LogP contribution in [0.2, 0.25) is 0 Å². The molecule has 4 heteroatoms. The van der Waals surface area contributed by atoms with Crippen LogP contribution in [-0.2, 0) is 0 Å². The van der Waals surface area contributed by atoms with E-state index < -0.39 is 4.92 Å². The van der Waals surface area contributed by atoms with Gasteiger partial charge in [0.25, 0.3) is 5.69 Å². The third-order valence-corrected chi connectivity index (χ3v) is 2.23. The van der Waals surface area contributed by atoms with E-state index in [-0.39, 0.29) is 11.7 Å². The van der Waals surface area contributed by atoms with E-state index in [2.05, 4.69) is 6.58 Å². The first-order valence-corrected chi connectivity index (χ1v) is 4.59. The van der Waals surface area contributed by atoms with E-state index >= 15 is 0 Å². The summed E-state index contributed by atoms with van der Waals surface area (Å²) in [7, 11) is 3.88. The molecule has 0 bridgehead atoms. The summed E-state index contributed by atoms with van der Waals surface area (Å²) in [5.74, 6) is 0. The molecule has 4 nitrogen and oxygen atoms in total. The van der Waals surface area contributed by atoms with Crippen molar-refractivity contribution >= 4 is 5.69 Å². The van der Waals surface area contributed by atoms with Gasteiger partial charge in [-0.15, -0.1) is 6.58 Å². The van der Waals surface area contributed by atoms with Gasteiger partial charge in [-0.1, -0.05) is 18.2 Å². The van der Waals surface area contributed by atoms with Crippen molar-refractivity contribution in [3.8, 4) is 0 Å².